The molecule has 0 amide bonds. The molecule has 3 aromatic rings. The second kappa shape index (κ2) is 4.66. The van der Waals surface area contributed by atoms with E-state index in [0.29, 0.717) is 5.39 Å². The average molecular weight is 276 g/mol. The highest BCUT2D eigenvalue weighted by atomic mass is 16.1. The smallest absolute Gasteiger partial charge is 0.258 e. The lowest BCUT2D eigenvalue weighted by molar-refractivity contribution is -0.436. The van der Waals surface area contributed by atoms with Gasteiger partial charge in [0.15, 0.2) is 12.8 Å². The minimum Gasteiger partial charge on any atom is -0.313 e. The van der Waals surface area contributed by atoms with E-state index in [9.17, 15) is 4.79 Å². The number of benzene rings is 2. The van der Waals surface area contributed by atoms with Crippen molar-refractivity contribution < 1.29 is 4.58 Å². The van der Waals surface area contributed by atoms with E-state index < -0.39 is 0 Å². The fraction of sp³-hybridized carbons (Fsp3) is 0.118. The highest BCUT2D eigenvalue weighted by molar-refractivity contribution is 5.82. The third-order valence-electron chi connectivity index (χ3n) is 3.93. The van der Waals surface area contributed by atoms with Crippen LogP contribution in [0.1, 0.15) is 11.1 Å². The number of fused-ring (bicyclic) bond motifs is 2. The van der Waals surface area contributed by atoms with Crippen LogP contribution in [0.25, 0.3) is 10.9 Å². The summed E-state index contributed by atoms with van der Waals surface area (Å²) in [5, 5.41) is 0.627. The Morgan fingerprint density at radius 1 is 1.14 bits per heavy atom. The topological polar surface area (TPSA) is 48.8 Å². The van der Waals surface area contributed by atoms with Gasteiger partial charge in [-0.2, -0.15) is 4.58 Å². The Labute approximate surface area is 121 Å². The number of hydrogen-bond acceptors (Lipinski definition) is 2. The van der Waals surface area contributed by atoms with Crippen molar-refractivity contribution in [3.05, 3.63) is 70.3 Å². The summed E-state index contributed by atoms with van der Waals surface area (Å²) in [5.74, 6) is 0. The summed E-state index contributed by atoms with van der Waals surface area (Å²) in [6.45, 7) is 0.917. The van der Waals surface area contributed by atoms with Gasteiger partial charge >= 0.3 is 0 Å². The Morgan fingerprint density at radius 3 is 3.00 bits per heavy atom. The molecule has 1 aromatic heterocycles. The van der Waals surface area contributed by atoms with Crippen molar-refractivity contribution in [2.24, 2.45) is 0 Å². The number of H-pyrrole nitrogens is 1. The molecule has 0 spiro atoms. The standard InChI is InChI=1S/C17H13N3O/c21-17-15-9-14(5-6-16(15)18-11-19-17)20-8-7-12-3-1-2-4-13(12)10-20/h1-6,9-11H,7-8H2/p+1. The zero-order chi connectivity index (χ0) is 14.2. The van der Waals surface area contributed by atoms with Gasteiger partial charge in [0.25, 0.3) is 5.56 Å². The van der Waals surface area contributed by atoms with Gasteiger partial charge in [0.1, 0.15) is 0 Å². The lowest BCUT2D eigenvalue weighted by atomic mass is 10.0. The monoisotopic (exact) mass is 276 g/mol. The van der Waals surface area contributed by atoms with Crippen LogP contribution in [0, 0.1) is 0 Å². The molecular weight excluding hydrogens is 262 g/mol. The zero-order valence-corrected chi connectivity index (χ0v) is 11.4. The number of aromatic amines is 1. The predicted octanol–water partition coefficient (Wildman–Crippen LogP) is 2.24. The summed E-state index contributed by atoms with van der Waals surface area (Å²) >= 11 is 0. The van der Waals surface area contributed by atoms with Crippen molar-refractivity contribution in [1.29, 1.82) is 0 Å². The van der Waals surface area contributed by atoms with Crippen LogP contribution in [-0.4, -0.2) is 27.3 Å². The lowest BCUT2D eigenvalue weighted by Gasteiger charge is -2.11. The first-order valence-corrected chi connectivity index (χ1v) is 6.98. The molecule has 0 saturated carbocycles. The van der Waals surface area contributed by atoms with Gasteiger partial charge < -0.3 is 4.98 Å². The summed E-state index contributed by atoms with van der Waals surface area (Å²) < 4.78 is 2.19. The first kappa shape index (κ1) is 12.0. The highest BCUT2D eigenvalue weighted by Gasteiger charge is 2.18. The minimum absolute atomic E-state index is 0.0979. The predicted molar refractivity (Wildman–Crippen MR) is 82.5 cm³/mol. The van der Waals surface area contributed by atoms with Crippen molar-refractivity contribution in [2.75, 3.05) is 6.54 Å². The fourth-order valence-corrected chi connectivity index (χ4v) is 2.80. The van der Waals surface area contributed by atoms with Crippen LogP contribution in [0.5, 0.6) is 0 Å². The molecule has 4 heteroatoms. The van der Waals surface area contributed by atoms with E-state index in [-0.39, 0.29) is 5.56 Å². The van der Waals surface area contributed by atoms with Gasteiger partial charge in [0.2, 0.25) is 5.69 Å². The van der Waals surface area contributed by atoms with Gasteiger partial charge in [-0.15, -0.1) is 0 Å². The third-order valence-corrected chi connectivity index (χ3v) is 3.93. The second-order valence-electron chi connectivity index (χ2n) is 5.20. The third kappa shape index (κ3) is 2.05. The molecule has 0 atom stereocenters. The Kier molecular flexibility index (Phi) is 2.67. The molecule has 0 bridgehead atoms. The van der Waals surface area contributed by atoms with Crippen LogP contribution < -0.4 is 5.56 Å². The van der Waals surface area contributed by atoms with E-state index >= 15 is 0 Å². The number of hydrogen-bond donors (Lipinski definition) is 1. The molecule has 0 radical (unpaired) electrons. The molecule has 2 aromatic carbocycles. The van der Waals surface area contributed by atoms with Crippen molar-refractivity contribution >= 4 is 22.8 Å². The van der Waals surface area contributed by atoms with Crippen LogP contribution in [0.4, 0.5) is 5.69 Å². The molecule has 4 nitrogen and oxygen atoms in total. The maximum Gasteiger partial charge on any atom is 0.258 e. The van der Waals surface area contributed by atoms with E-state index in [1.165, 1.54) is 17.5 Å². The summed E-state index contributed by atoms with van der Waals surface area (Å²) in [7, 11) is 0. The Balaban J connectivity index is 1.86. The molecule has 102 valence electrons. The van der Waals surface area contributed by atoms with Crippen molar-refractivity contribution in [1.82, 2.24) is 9.97 Å². The second-order valence-corrected chi connectivity index (χ2v) is 5.20. The first-order valence-electron chi connectivity index (χ1n) is 6.98. The van der Waals surface area contributed by atoms with E-state index in [4.69, 9.17) is 0 Å². The molecule has 0 fully saturated rings. The lowest BCUT2D eigenvalue weighted by Crippen LogP contribution is -2.19. The van der Waals surface area contributed by atoms with Gasteiger partial charge in [-0.3, -0.25) is 4.79 Å². The van der Waals surface area contributed by atoms with Gasteiger partial charge in [0, 0.05) is 24.1 Å². The molecule has 0 saturated heterocycles. The normalized spacial score (nSPS) is 13.8. The van der Waals surface area contributed by atoms with Crippen LogP contribution in [-0.2, 0) is 6.42 Å². The molecule has 0 unspecified atom stereocenters. The molecule has 21 heavy (non-hydrogen) atoms. The Bertz CT molecular complexity index is 924. The molecule has 4 rings (SSSR count). The highest BCUT2D eigenvalue weighted by Crippen LogP contribution is 2.20. The van der Waals surface area contributed by atoms with Gasteiger partial charge in [-0.05, 0) is 17.7 Å². The van der Waals surface area contributed by atoms with Crippen LogP contribution >= 0.6 is 0 Å². The van der Waals surface area contributed by atoms with Crippen molar-refractivity contribution in [3.63, 3.8) is 0 Å². The summed E-state index contributed by atoms with van der Waals surface area (Å²) in [5.41, 5.74) is 4.26. The number of nitrogens with zero attached hydrogens (tertiary/aromatic N) is 2. The maximum absolute atomic E-state index is 11.9. The molecule has 2 heterocycles. The number of aromatic nitrogens is 2. The quantitative estimate of drug-likeness (QED) is 0.693. The van der Waals surface area contributed by atoms with E-state index in [2.05, 4.69) is 39.0 Å². The summed E-state index contributed by atoms with van der Waals surface area (Å²) in [6.07, 6.45) is 4.59. The zero-order valence-electron chi connectivity index (χ0n) is 11.4. The largest absolute Gasteiger partial charge is 0.313 e. The molecule has 0 aliphatic carbocycles. The Morgan fingerprint density at radius 2 is 2.05 bits per heavy atom. The SMILES string of the molecule is O=c1[nH]cnc2ccc([N+]3=Cc4ccccc4CC3)cc12. The van der Waals surface area contributed by atoms with Gasteiger partial charge in [0.05, 0.1) is 17.2 Å². The van der Waals surface area contributed by atoms with Crippen LogP contribution in [0.2, 0.25) is 0 Å². The van der Waals surface area contributed by atoms with E-state index in [1.54, 1.807) is 0 Å². The van der Waals surface area contributed by atoms with E-state index in [0.717, 1.165) is 24.2 Å². The molecule has 1 aliphatic heterocycles. The van der Waals surface area contributed by atoms with Crippen LogP contribution in [0.15, 0.2) is 53.6 Å². The van der Waals surface area contributed by atoms with Gasteiger partial charge in [-0.1, -0.05) is 18.2 Å². The summed E-state index contributed by atoms with van der Waals surface area (Å²) in [4.78, 5) is 18.7. The first-order chi connectivity index (χ1) is 10.3. The average Bonchev–Trinajstić information content (AvgIpc) is 2.54. The van der Waals surface area contributed by atoms with Crippen molar-refractivity contribution in [2.45, 2.75) is 6.42 Å². The Hall–Kier alpha value is -2.75. The minimum atomic E-state index is -0.0979. The number of rotatable bonds is 1. The molecule has 1 N–H and O–H groups in total. The fourth-order valence-electron chi connectivity index (χ4n) is 2.80. The summed E-state index contributed by atoms with van der Waals surface area (Å²) in [6, 6.07) is 14.2. The molecular formula is C17H14N3O+. The maximum atomic E-state index is 11.9. The van der Waals surface area contributed by atoms with Crippen molar-refractivity contribution in [3.8, 4) is 0 Å². The molecule has 1 aliphatic rings. The number of nitrogens with one attached hydrogen (secondary N) is 1. The van der Waals surface area contributed by atoms with Crippen LogP contribution in [0.3, 0.4) is 0 Å². The van der Waals surface area contributed by atoms with Gasteiger partial charge in [-0.25, -0.2) is 4.98 Å². The van der Waals surface area contributed by atoms with E-state index in [1.807, 2.05) is 24.3 Å².